The molecule has 3 rings (SSSR count). The van der Waals surface area contributed by atoms with Crippen LogP contribution in [0.3, 0.4) is 0 Å². The van der Waals surface area contributed by atoms with Crippen LogP contribution in [-0.4, -0.2) is 21.9 Å². The Bertz CT molecular complexity index is 1240. The highest BCUT2D eigenvalue weighted by atomic mass is 32.1. The van der Waals surface area contributed by atoms with Crippen LogP contribution in [0.1, 0.15) is 34.5 Å². The molecule has 3 N–H and O–H groups in total. The van der Waals surface area contributed by atoms with Gasteiger partial charge in [-0.05, 0) is 54.5 Å². The standard InChI is InChI=1S/C25H22N4O4S/c1-17(19-8-3-2-4-9-19)26-24(31)20-10-6-11-21(16-20)27-25(34)28-23(30)14-13-18-7-5-12-22(15-18)29(32)33/h2-17H,1H3,(H,26,31)(H2,27,28,30,34)/b14-13+. The summed E-state index contributed by atoms with van der Waals surface area (Å²) in [6.45, 7) is 1.90. The predicted molar refractivity (Wildman–Crippen MR) is 135 cm³/mol. The number of thiocarbonyl (C=S) groups is 1. The predicted octanol–water partition coefficient (Wildman–Crippen LogP) is 4.61. The van der Waals surface area contributed by atoms with Crippen LogP contribution < -0.4 is 16.0 Å². The molecule has 0 bridgehead atoms. The van der Waals surface area contributed by atoms with Gasteiger partial charge in [0.15, 0.2) is 5.11 Å². The van der Waals surface area contributed by atoms with E-state index in [1.807, 2.05) is 37.3 Å². The van der Waals surface area contributed by atoms with E-state index in [1.165, 1.54) is 30.4 Å². The summed E-state index contributed by atoms with van der Waals surface area (Å²) in [6.07, 6.45) is 2.67. The van der Waals surface area contributed by atoms with Crippen LogP contribution >= 0.6 is 12.2 Å². The molecule has 8 nitrogen and oxygen atoms in total. The molecule has 1 atom stereocenters. The molecule has 1 unspecified atom stereocenters. The lowest BCUT2D eigenvalue weighted by Gasteiger charge is -2.15. The van der Waals surface area contributed by atoms with E-state index in [0.717, 1.165) is 5.56 Å². The summed E-state index contributed by atoms with van der Waals surface area (Å²) in [5, 5.41) is 19.2. The quantitative estimate of drug-likeness (QED) is 0.199. The third-order valence-electron chi connectivity index (χ3n) is 4.77. The number of nitrogens with zero attached hydrogens (tertiary/aromatic N) is 1. The summed E-state index contributed by atoms with van der Waals surface area (Å²) in [6, 6.07) is 22.1. The van der Waals surface area contributed by atoms with Gasteiger partial charge in [0.1, 0.15) is 0 Å². The van der Waals surface area contributed by atoms with Crippen molar-refractivity contribution < 1.29 is 14.5 Å². The second-order valence-electron chi connectivity index (χ2n) is 7.32. The number of hydrogen-bond donors (Lipinski definition) is 3. The largest absolute Gasteiger partial charge is 0.346 e. The summed E-state index contributed by atoms with van der Waals surface area (Å²) in [7, 11) is 0. The first kappa shape index (κ1) is 24.3. The van der Waals surface area contributed by atoms with E-state index < -0.39 is 10.8 Å². The summed E-state index contributed by atoms with van der Waals surface area (Å²) in [4.78, 5) is 35.1. The number of anilines is 1. The van der Waals surface area contributed by atoms with Gasteiger partial charge in [-0.2, -0.15) is 0 Å². The van der Waals surface area contributed by atoms with Gasteiger partial charge in [-0.1, -0.05) is 48.5 Å². The molecule has 9 heteroatoms. The minimum Gasteiger partial charge on any atom is -0.346 e. The van der Waals surface area contributed by atoms with Crippen LogP contribution in [0.2, 0.25) is 0 Å². The molecule has 2 amide bonds. The van der Waals surface area contributed by atoms with Crippen LogP contribution in [0, 0.1) is 10.1 Å². The van der Waals surface area contributed by atoms with Crippen molar-refractivity contribution >= 4 is 46.6 Å². The van der Waals surface area contributed by atoms with E-state index >= 15 is 0 Å². The van der Waals surface area contributed by atoms with E-state index in [4.69, 9.17) is 12.2 Å². The van der Waals surface area contributed by atoms with Gasteiger partial charge in [0.2, 0.25) is 5.91 Å². The van der Waals surface area contributed by atoms with Gasteiger partial charge in [0.25, 0.3) is 11.6 Å². The molecule has 172 valence electrons. The van der Waals surface area contributed by atoms with Crippen molar-refractivity contribution in [3.8, 4) is 0 Å². The molecule has 0 aliphatic carbocycles. The third kappa shape index (κ3) is 7.07. The number of rotatable bonds is 7. The van der Waals surface area contributed by atoms with E-state index in [1.54, 1.807) is 30.3 Å². The maximum Gasteiger partial charge on any atom is 0.270 e. The number of non-ortho nitro benzene ring substituents is 1. The van der Waals surface area contributed by atoms with Crippen LogP contribution in [0.4, 0.5) is 11.4 Å². The van der Waals surface area contributed by atoms with Crippen molar-refractivity contribution in [2.24, 2.45) is 0 Å². The van der Waals surface area contributed by atoms with Gasteiger partial charge in [-0.15, -0.1) is 0 Å². The molecule has 0 saturated heterocycles. The Kier molecular flexibility index (Phi) is 8.20. The number of nitro groups is 1. The van der Waals surface area contributed by atoms with Gasteiger partial charge in [-0.3, -0.25) is 25.0 Å². The zero-order valence-corrected chi connectivity index (χ0v) is 19.0. The SMILES string of the molecule is CC(NC(=O)c1cccc(NC(=S)NC(=O)/C=C/c2cccc([N+](=O)[O-])c2)c1)c1ccccc1. The Labute approximate surface area is 201 Å². The summed E-state index contributed by atoms with van der Waals surface area (Å²) < 4.78 is 0. The van der Waals surface area contributed by atoms with Crippen LogP contribution in [-0.2, 0) is 4.79 Å². The van der Waals surface area contributed by atoms with Crippen LogP contribution in [0.5, 0.6) is 0 Å². The minimum atomic E-state index is -0.507. The fraction of sp³-hybridized carbons (Fsp3) is 0.0800. The Morgan fingerprint density at radius 3 is 2.47 bits per heavy atom. The molecule has 0 heterocycles. The molecule has 0 aliphatic heterocycles. The van der Waals surface area contributed by atoms with Gasteiger partial charge < -0.3 is 10.6 Å². The second-order valence-corrected chi connectivity index (χ2v) is 7.72. The van der Waals surface area contributed by atoms with Crippen LogP contribution in [0.25, 0.3) is 6.08 Å². The molecule has 0 aromatic heterocycles. The first-order valence-electron chi connectivity index (χ1n) is 10.3. The highest BCUT2D eigenvalue weighted by Gasteiger charge is 2.12. The normalized spacial score (nSPS) is 11.4. The molecule has 0 spiro atoms. The molecular formula is C25H22N4O4S. The zero-order chi connectivity index (χ0) is 24.5. The van der Waals surface area contributed by atoms with Crippen molar-refractivity contribution in [3.63, 3.8) is 0 Å². The first-order chi connectivity index (χ1) is 16.3. The van der Waals surface area contributed by atoms with Crippen molar-refractivity contribution in [1.29, 1.82) is 0 Å². The Hall–Kier alpha value is -4.37. The number of carbonyl (C=O) groups excluding carboxylic acids is 2. The Balaban J connectivity index is 1.56. The van der Waals surface area contributed by atoms with Gasteiger partial charge in [0.05, 0.1) is 11.0 Å². The number of benzene rings is 3. The monoisotopic (exact) mass is 474 g/mol. The average Bonchev–Trinajstić information content (AvgIpc) is 2.83. The zero-order valence-electron chi connectivity index (χ0n) is 18.2. The molecule has 3 aromatic carbocycles. The number of amides is 2. The summed E-state index contributed by atoms with van der Waals surface area (Å²) >= 11 is 5.17. The molecule has 0 saturated carbocycles. The number of nitrogens with one attached hydrogen (secondary N) is 3. The third-order valence-corrected chi connectivity index (χ3v) is 4.98. The molecule has 0 radical (unpaired) electrons. The number of hydrogen-bond acceptors (Lipinski definition) is 5. The van der Waals surface area contributed by atoms with E-state index in [9.17, 15) is 19.7 Å². The topological polar surface area (TPSA) is 113 Å². The first-order valence-corrected chi connectivity index (χ1v) is 10.7. The maximum atomic E-state index is 12.6. The van der Waals surface area contributed by atoms with E-state index in [2.05, 4.69) is 16.0 Å². The van der Waals surface area contributed by atoms with E-state index in [-0.39, 0.29) is 22.7 Å². The van der Waals surface area contributed by atoms with Gasteiger partial charge in [0, 0.05) is 29.5 Å². The van der Waals surface area contributed by atoms with Crippen molar-refractivity contribution in [1.82, 2.24) is 10.6 Å². The summed E-state index contributed by atoms with van der Waals surface area (Å²) in [5.41, 5.74) is 2.40. The molecular weight excluding hydrogens is 452 g/mol. The highest BCUT2D eigenvalue weighted by molar-refractivity contribution is 7.80. The Morgan fingerprint density at radius 2 is 1.74 bits per heavy atom. The number of carbonyl (C=O) groups is 2. The minimum absolute atomic E-state index is 0.0453. The fourth-order valence-electron chi connectivity index (χ4n) is 3.07. The lowest BCUT2D eigenvalue weighted by atomic mass is 10.1. The van der Waals surface area contributed by atoms with Crippen molar-refractivity contribution in [2.45, 2.75) is 13.0 Å². The van der Waals surface area contributed by atoms with Gasteiger partial charge >= 0.3 is 0 Å². The second kappa shape index (κ2) is 11.5. The summed E-state index contributed by atoms with van der Waals surface area (Å²) in [5.74, 6) is -0.746. The van der Waals surface area contributed by atoms with Gasteiger partial charge in [-0.25, -0.2) is 0 Å². The maximum absolute atomic E-state index is 12.6. The highest BCUT2D eigenvalue weighted by Crippen LogP contribution is 2.16. The molecule has 0 aliphatic rings. The van der Waals surface area contributed by atoms with Crippen molar-refractivity contribution in [2.75, 3.05) is 5.32 Å². The van der Waals surface area contributed by atoms with Crippen LogP contribution in [0.15, 0.2) is 84.9 Å². The Morgan fingerprint density at radius 1 is 1.00 bits per heavy atom. The lowest BCUT2D eigenvalue weighted by Crippen LogP contribution is -2.33. The average molecular weight is 475 g/mol. The van der Waals surface area contributed by atoms with E-state index in [0.29, 0.717) is 16.8 Å². The molecule has 34 heavy (non-hydrogen) atoms. The van der Waals surface area contributed by atoms with Crippen molar-refractivity contribution in [3.05, 3.63) is 112 Å². The molecule has 3 aromatic rings. The molecule has 0 fully saturated rings. The lowest BCUT2D eigenvalue weighted by molar-refractivity contribution is -0.384. The smallest absolute Gasteiger partial charge is 0.270 e. The number of nitro benzene ring substituents is 1. The fourth-order valence-corrected chi connectivity index (χ4v) is 3.29.